The van der Waals surface area contributed by atoms with Gasteiger partial charge in [0.25, 0.3) is 5.56 Å². The second-order valence-electron chi connectivity index (χ2n) is 10.0. The van der Waals surface area contributed by atoms with E-state index < -0.39 is 74.9 Å². The molecule has 0 aliphatic carbocycles. The number of aliphatic hydroxyl groups is 2. The third-order valence-corrected chi connectivity index (χ3v) is 11.2. The Kier molecular flexibility index (Phi) is 8.51. The standard InChI is InChI=1S/C22H19Cl3N6O11P2S2/c23-7-1-9-10(2-8(7)24)31(22(25)29-9)20-15(33)16-12(40-20)4-38-44(36,46)42-17-14(32)11(3-37-43(35,45)41-16)39-21(17)30-6-28-13-18(30)26-5-27-19(13)34/h1-2,5-6,11,14-15,17,20-21,32-33H,3-4H2,(H,35,45)(H,36,46)(H,26,27,34)/t11-,14?,15?,17?,20-,21-,43?,44?/m1/s1. The maximum Gasteiger partial charge on any atom is 0.387 e. The van der Waals surface area contributed by atoms with Crippen LogP contribution in [0.1, 0.15) is 12.5 Å². The molecular formula is C22H19Cl3N6O11P2S2. The summed E-state index contributed by atoms with van der Waals surface area (Å²) in [4.78, 5) is 38.0. The number of thiol groups is 1. The molecule has 1 fully saturated rings. The molecule has 46 heavy (non-hydrogen) atoms. The van der Waals surface area contributed by atoms with Crippen molar-refractivity contribution in [3.8, 4) is 0 Å². The molecule has 24 heteroatoms. The summed E-state index contributed by atoms with van der Waals surface area (Å²) in [6, 6.07) is 2.92. The Balaban J connectivity index is 1.22. The number of benzene rings is 1. The number of fused-ring (bicyclic) bond motifs is 4. The van der Waals surface area contributed by atoms with Crippen molar-refractivity contribution in [1.29, 1.82) is 0 Å². The highest BCUT2D eigenvalue weighted by atomic mass is 35.5. The van der Waals surface area contributed by atoms with Gasteiger partial charge in [-0.2, -0.15) is 0 Å². The van der Waals surface area contributed by atoms with Crippen LogP contribution in [-0.2, 0) is 43.9 Å². The minimum absolute atomic E-state index is 0.0416. The Hall–Kier alpha value is -1.80. The average molecular weight is 776 g/mol. The highest BCUT2D eigenvalue weighted by Crippen LogP contribution is 2.58. The first-order chi connectivity index (χ1) is 21.7. The van der Waals surface area contributed by atoms with Crippen molar-refractivity contribution in [2.45, 2.75) is 36.9 Å². The van der Waals surface area contributed by atoms with Crippen molar-refractivity contribution in [1.82, 2.24) is 29.1 Å². The summed E-state index contributed by atoms with van der Waals surface area (Å²) in [6.45, 7) is -9.95. The highest BCUT2D eigenvalue weighted by molar-refractivity contribution is 8.44. The Labute approximate surface area is 281 Å². The number of H-pyrrole nitrogens is 1. The zero-order valence-electron chi connectivity index (χ0n) is 22.4. The zero-order valence-corrected chi connectivity index (χ0v) is 28.2. The molecule has 8 atom stereocenters. The molecule has 0 radical (unpaired) electrons. The molecule has 246 valence electrons. The summed E-state index contributed by atoms with van der Waals surface area (Å²) < 4.78 is 50.2. The Bertz CT molecular complexity index is 2080. The first kappa shape index (κ1) is 32.7. The van der Waals surface area contributed by atoms with E-state index in [9.17, 15) is 24.5 Å². The smallest absolute Gasteiger partial charge is 0.387 e. The van der Waals surface area contributed by atoms with Gasteiger partial charge in [-0.1, -0.05) is 35.5 Å². The van der Waals surface area contributed by atoms with E-state index in [4.69, 9.17) is 74.2 Å². The molecular weight excluding hydrogens is 757 g/mol. The molecule has 1 aromatic carbocycles. The van der Waals surface area contributed by atoms with Crippen LogP contribution in [-0.4, -0.2) is 81.8 Å². The number of halogens is 3. The molecule has 17 nitrogen and oxygen atoms in total. The van der Waals surface area contributed by atoms with Crippen LogP contribution >= 0.6 is 60.6 Å². The van der Waals surface area contributed by atoms with Gasteiger partial charge >= 0.3 is 13.5 Å². The maximum atomic E-state index is 13.5. The number of rotatable bonds is 2. The fraction of sp³-hybridized carbons (Fsp3) is 0.364. The molecule has 3 aliphatic heterocycles. The van der Waals surface area contributed by atoms with Gasteiger partial charge in [-0.05, 0) is 23.7 Å². The van der Waals surface area contributed by atoms with Crippen LogP contribution in [0.25, 0.3) is 22.2 Å². The minimum Gasteiger partial charge on any atom is -0.465 e. The van der Waals surface area contributed by atoms with Gasteiger partial charge in [0, 0.05) is 11.8 Å². The predicted octanol–water partition coefficient (Wildman–Crippen LogP) is 3.19. The van der Waals surface area contributed by atoms with Crippen molar-refractivity contribution in [3.63, 3.8) is 0 Å². The average Bonchev–Trinajstić information content (AvgIpc) is 3.71. The van der Waals surface area contributed by atoms with Crippen molar-refractivity contribution in [2.75, 3.05) is 13.2 Å². The Morgan fingerprint density at radius 1 is 1.13 bits per heavy atom. The minimum atomic E-state index is -4.40. The van der Waals surface area contributed by atoms with Gasteiger partial charge in [0.2, 0.25) is 11.5 Å². The first-order valence-electron chi connectivity index (χ1n) is 12.9. The third-order valence-electron chi connectivity index (χ3n) is 7.20. The predicted molar refractivity (Wildman–Crippen MR) is 167 cm³/mol. The number of aromatic nitrogens is 6. The number of aromatic amines is 1. The summed E-state index contributed by atoms with van der Waals surface area (Å²) in [5.74, 6) is -0.700. The lowest BCUT2D eigenvalue weighted by atomic mass is 10.1. The molecule has 0 saturated carbocycles. The van der Waals surface area contributed by atoms with Crippen LogP contribution in [0.5, 0.6) is 0 Å². The van der Waals surface area contributed by atoms with E-state index in [0.717, 1.165) is 6.33 Å². The number of hydrogen-bond acceptors (Lipinski definition) is 14. The lowest BCUT2D eigenvalue weighted by molar-refractivity contribution is -0.0473. The Morgan fingerprint density at radius 3 is 2.67 bits per heavy atom. The monoisotopic (exact) mass is 774 g/mol. The number of hydrogen-bond donors (Lipinski definition) is 5. The van der Waals surface area contributed by atoms with Gasteiger partial charge in [0.05, 0.1) is 40.3 Å². The Morgan fingerprint density at radius 2 is 1.89 bits per heavy atom. The van der Waals surface area contributed by atoms with E-state index in [1.165, 1.54) is 27.6 Å². The number of nitrogens with zero attached hydrogens (tertiary/aromatic N) is 5. The molecule has 4 aromatic rings. The topological polar surface area (TPSA) is 215 Å². The maximum absolute atomic E-state index is 13.5. The van der Waals surface area contributed by atoms with E-state index in [-0.39, 0.29) is 32.3 Å². The van der Waals surface area contributed by atoms with Gasteiger partial charge in [-0.25, -0.2) is 19.5 Å². The summed E-state index contributed by atoms with van der Waals surface area (Å²) in [5, 5.41) is 22.7. The normalized spacial score (nSPS) is 33.7. The fourth-order valence-corrected chi connectivity index (χ4v) is 8.40. The molecule has 7 rings (SSSR count). The van der Waals surface area contributed by atoms with Gasteiger partial charge < -0.3 is 34.1 Å². The third kappa shape index (κ3) is 5.79. The second-order valence-corrected chi connectivity index (χ2v) is 16.8. The van der Waals surface area contributed by atoms with Gasteiger partial charge in [0.1, 0.15) is 24.9 Å². The van der Waals surface area contributed by atoms with Crippen molar-refractivity contribution < 1.29 is 47.2 Å². The quantitative estimate of drug-likeness (QED) is 0.146. The van der Waals surface area contributed by atoms with Crippen molar-refractivity contribution in [3.05, 3.63) is 62.0 Å². The largest absolute Gasteiger partial charge is 0.465 e. The number of ether oxygens (including phenoxy) is 2. The van der Waals surface area contributed by atoms with E-state index in [2.05, 4.69) is 32.2 Å². The van der Waals surface area contributed by atoms with E-state index in [1.54, 1.807) is 0 Å². The van der Waals surface area contributed by atoms with Gasteiger partial charge in [-0.15, -0.1) is 0 Å². The van der Waals surface area contributed by atoms with E-state index in [1.807, 2.05) is 0 Å². The van der Waals surface area contributed by atoms with Gasteiger partial charge in [-0.3, -0.25) is 27.5 Å². The number of aliphatic hydroxyl groups excluding tert-OH is 2. The zero-order chi connectivity index (χ0) is 32.7. The highest BCUT2D eigenvalue weighted by Gasteiger charge is 2.51. The van der Waals surface area contributed by atoms with Crippen molar-refractivity contribution >= 4 is 94.6 Å². The van der Waals surface area contributed by atoms with Crippen LogP contribution < -0.4 is 5.56 Å². The summed E-state index contributed by atoms with van der Waals surface area (Å²) >= 11 is 28.0. The fourth-order valence-electron chi connectivity index (χ4n) is 5.16. The molecule has 2 bridgehead atoms. The van der Waals surface area contributed by atoms with Crippen LogP contribution in [0.3, 0.4) is 0 Å². The molecule has 5 unspecified atom stereocenters. The van der Waals surface area contributed by atoms with E-state index in [0.29, 0.717) is 11.0 Å². The van der Waals surface area contributed by atoms with Crippen LogP contribution in [0.2, 0.25) is 15.3 Å². The second kappa shape index (κ2) is 12.0. The van der Waals surface area contributed by atoms with Crippen LogP contribution in [0.15, 0.2) is 41.1 Å². The molecule has 4 N–H and O–H groups in total. The molecule has 3 aromatic heterocycles. The summed E-state index contributed by atoms with van der Waals surface area (Å²) in [5.41, 5.74) is 0.120. The molecule has 0 spiro atoms. The number of nitrogens with one attached hydrogen (secondary N) is 1. The molecule has 0 amide bonds. The number of imidazole rings is 2. The molecule has 3 aliphatic rings. The SMILES string of the molecule is O=c1[nH]cnc2c1ncn2[C@@H]1O[C@@H]2COP(O)(=S)OC3=C(COP(=O)(S)OC1C2O)O[C@@H](n1c(Cl)nc2cc(Cl)c(Cl)cc21)C3O. The van der Waals surface area contributed by atoms with Crippen molar-refractivity contribution in [2.24, 2.45) is 0 Å². The van der Waals surface area contributed by atoms with Crippen LogP contribution in [0.4, 0.5) is 0 Å². The summed E-state index contributed by atoms with van der Waals surface area (Å²) in [6.07, 6.45) is -6.28. The molecule has 6 heterocycles. The van der Waals surface area contributed by atoms with Crippen LogP contribution in [0, 0.1) is 0 Å². The first-order valence-corrected chi connectivity index (χ1v) is 19.3. The van der Waals surface area contributed by atoms with Gasteiger partial charge in [0.15, 0.2) is 35.0 Å². The molecule has 1 saturated heterocycles. The summed E-state index contributed by atoms with van der Waals surface area (Å²) in [7, 11) is 0. The lowest BCUT2D eigenvalue weighted by Gasteiger charge is -2.24. The van der Waals surface area contributed by atoms with E-state index >= 15 is 0 Å². The lowest BCUT2D eigenvalue weighted by Crippen LogP contribution is -2.35.